The van der Waals surface area contributed by atoms with Gasteiger partial charge in [-0.05, 0) is 0 Å². The maximum Gasteiger partial charge on any atom is 0.422 e. The first kappa shape index (κ1) is 15.7. The third-order valence-corrected chi connectivity index (χ3v) is 4.04. The van der Waals surface area contributed by atoms with Crippen molar-refractivity contribution in [3.05, 3.63) is 27.2 Å². The normalized spacial score (nSPS) is 12.9. The average molecular weight is 349 g/mol. The van der Waals surface area contributed by atoms with Gasteiger partial charge < -0.3 is 0 Å². The Bertz CT molecular complexity index is 581. The Balaban J connectivity index is 3.90. The maximum atomic E-state index is 13.3. The molecule has 2 nitrogen and oxygen atoms in total. The molecule has 1 rings (SSSR count). The van der Waals surface area contributed by atoms with E-state index in [1.807, 2.05) is 0 Å². The molecule has 1 aromatic rings. The number of hydrogen-bond donors (Lipinski definition) is 0. The van der Waals surface area contributed by atoms with Gasteiger partial charge in [0, 0.05) is 10.7 Å². The fourth-order valence-electron chi connectivity index (χ4n) is 1.07. The van der Waals surface area contributed by atoms with Crippen molar-refractivity contribution >= 4 is 42.9 Å². The summed E-state index contributed by atoms with van der Waals surface area (Å²) < 4.78 is 85.3. The second kappa shape index (κ2) is 4.66. The Morgan fingerprint density at radius 2 is 1.28 bits per heavy atom. The minimum atomic E-state index is -5.43. The Hall–Kier alpha value is -0.310. The lowest BCUT2D eigenvalue weighted by Crippen LogP contribution is -2.14. The van der Waals surface area contributed by atoms with Crippen molar-refractivity contribution in [3.63, 3.8) is 0 Å². The van der Waals surface area contributed by atoms with Gasteiger partial charge in [-0.1, -0.05) is 23.2 Å². The van der Waals surface area contributed by atoms with Crippen LogP contribution in [0, 0.1) is 11.6 Å². The lowest BCUT2D eigenvalue weighted by Gasteiger charge is -2.13. The molecular weight excluding hydrogens is 349 g/mol. The van der Waals surface area contributed by atoms with E-state index in [1.54, 1.807) is 0 Å². The van der Waals surface area contributed by atoms with Crippen molar-refractivity contribution in [2.24, 2.45) is 0 Å². The van der Waals surface area contributed by atoms with Gasteiger partial charge in [0.1, 0.15) is 10.5 Å². The van der Waals surface area contributed by atoms with Gasteiger partial charge in [-0.25, -0.2) is 17.2 Å². The first-order valence-electron chi connectivity index (χ1n) is 3.76. The van der Waals surface area contributed by atoms with Crippen LogP contribution in [0.4, 0.5) is 22.0 Å². The highest BCUT2D eigenvalue weighted by molar-refractivity contribution is 8.14. The van der Waals surface area contributed by atoms with Crippen molar-refractivity contribution < 1.29 is 30.4 Å². The summed E-state index contributed by atoms with van der Waals surface area (Å²) in [5, 5.41) is -3.05. The molecule has 0 unspecified atom stereocenters. The molecule has 11 heteroatoms. The van der Waals surface area contributed by atoms with Crippen LogP contribution in [0.3, 0.4) is 0 Å². The molecule has 0 bridgehead atoms. The number of rotatable bonds is 1. The molecule has 0 spiro atoms. The number of benzene rings is 1. The summed E-state index contributed by atoms with van der Waals surface area (Å²) in [4.78, 5) is -1.45. The molecule has 0 radical (unpaired) electrons. The number of hydrogen-bond acceptors (Lipinski definition) is 2. The van der Waals surface area contributed by atoms with Crippen molar-refractivity contribution in [2.75, 3.05) is 0 Å². The molecule has 0 fully saturated rings. The standard InChI is InChI=1S/C7Cl3F5O2S/c8-2-4(11)1(7(13,14)15)5(12)3(9)6(2)18(10,16)17. The van der Waals surface area contributed by atoms with Crippen LogP contribution in [0.15, 0.2) is 4.90 Å². The van der Waals surface area contributed by atoms with E-state index in [2.05, 4.69) is 0 Å². The van der Waals surface area contributed by atoms with E-state index in [0.29, 0.717) is 0 Å². The van der Waals surface area contributed by atoms with Crippen LogP contribution >= 0.6 is 33.9 Å². The smallest absolute Gasteiger partial charge is 0.207 e. The molecule has 102 valence electrons. The van der Waals surface area contributed by atoms with Crippen molar-refractivity contribution in [1.82, 2.24) is 0 Å². The maximum absolute atomic E-state index is 13.3. The Kier molecular flexibility index (Phi) is 4.08. The van der Waals surface area contributed by atoms with E-state index in [4.69, 9.17) is 33.9 Å². The highest BCUT2D eigenvalue weighted by atomic mass is 35.7. The van der Waals surface area contributed by atoms with Gasteiger partial charge in [0.15, 0.2) is 11.6 Å². The SMILES string of the molecule is O=S(=O)(Cl)c1c(Cl)c(F)c(C(F)(F)F)c(F)c1Cl. The zero-order chi connectivity index (χ0) is 14.5. The predicted octanol–water partition coefficient (Wildman–Crippen LogP) is 4.22. The quantitative estimate of drug-likeness (QED) is 0.432. The molecule has 0 aliphatic rings. The summed E-state index contributed by atoms with van der Waals surface area (Å²) in [6, 6.07) is 0. The highest BCUT2D eigenvalue weighted by Crippen LogP contribution is 2.43. The molecule has 0 heterocycles. The van der Waals surface area contributed by atoms with Crippen LogP contribution in [-0.4, -0.2) is 8.42 Å². The van der Waals surface area contributed by atoms with Crippen LogP contribution in [0.1, 0.15) is 5.56 Å². The Labute approximate surface area is 112 Å². The predicted molar refractivity (Wildman–Crippen MR) is 54.4 cm³/mol. The summed E-state index contributed by atoms with van der Waals surface area (Å²) in [5.74, 6) is -4.60. The first-order valence-corrected chi connectivity index (χ1v) is 6.83. The Morgan fingerprint density at radius 3 is 1.50 bits per heavy atom. The molecule has 0 aromatic heterocycles. The summed E-state index contributed by atoms with van der Waals surface area (Å²) in [5.41, 5.74) is -2.39. The molecule has 0 N–H and O–H groups in total. The summed E-state index contributed by atoms with van der Waals surface area (Å²) in [7, 11) is -0.0420. The van der Waals surface area contributed by atoms with Crippen molar-refractivity contribution in [3.8, 4) is 0 Å². The number of halogens is 8. The molecule has 0 saturated carbocycles. The van der Waals surface area contributed by atoms with E-state index in [1.165, 1.54) is 0 Å². The van der Waals surface area contributed by atoms with E-state index >= 15 is 0 Å². The fraction of sp³-hybridized carbons (Fsp3) is 0.143. The second-order valence-corrected chi connectivity index (χ2v) is 6.15. The minimum Gasteiger partial charge on any atom is -0.207 e. The van der Waals surface area contributed by atoms with Crippen LogP contribution in [0.25, 0.3) is 0 Å². The van der Waals surface area contributed by atoms with E-state index in [-0.39, 0.29) is 0 Å². The molecule has 0 saturated heterocycles. The van der Waals surface area contributed by atoms with Gasteiger partial charge in [-0.15, -0.1) is 0 Å². The van der Waals surface area contributed by atoms with E-state index < -0.39 is 47.4 Å². The second-order valence-electron chi connectivity index (χ2n) is 2.90. The molecular formula is C7Cl3F5O2S. The third-order valence-electron chi connectivity index (χ3n) is 1.75. The van der Waals surface area contributed by atoms with Gasteiger partial charge in [0.25, 0.3) is 9.05 Å². The van der Waals surface area contributed by atoms with E-state index in [9.17, 15) is 30.4 Å². The van der Waals surface area contributed by atoms with Gasteiger partial charge in [0.2, 0.25) is 0 Å². The molecule has 1 aromatic carbocycles. The average Bonchev–Trinajstić information content (AvgIpc) is 2.10. The molecule has 0 aliphatic carbocycles. The minimum absolute atomic E-state index is 1.45. The van der Waals surface area contributed by atoms with Gasteiger partial charge >= 0.3 is 6.18 Å². The van der Waals surface area contributed by atoms with Crippen LogP contribution in [-0.2, 0) is 15.2 Å². The van der Waals surface area contributed by atoms with Gasteiger partial charge in [-0.2, -0.15) is 13.2 Å². The molecule has 18 heavy (non-hydrogen) atoms. The number of alkyl halides is 3. The first-order chi connectivity index (χ1) is 7.89. The Morgan fingerprint density at radius 1 is 0.944 bits per heavy atom. The van der Waals surface area contributed by atoms with Crippen molar-refractivity contribution in [2.45, 2.75) is 11.1 Å². The van der Waals surface area contributed by atoms with Crippen LogP contribution in [0.5, 0.6) is 0 Å². The van der Waals surface area contributed by atoms with E-state index in [0.717, 1.165) is 0 Å². The molecule has 0 atom stereocenters. The zero-order valence-electron chi connectivity index (χ0n) is 7.75. The lowest BCUT2D eigenvalue weighted by atomic mass is 10.2. The summed E-state index contributed by atoms with van der Waals surface area (Å²) in [6.45, 7) is 0. The van der Waals surface area contributed by atoms with Crippen molar-refractivity contribution in [1.29, 1.82) is 0 Å². The van der Waals surface area contributed by atoms with Crippen LogP contribution in [0.2, 0.25) is 10.0 Å². The zero-order valence-corrected chi connectivity index (χ0v) is 10.8. The van der Waals surface area contributed by atoms with Crippen LogP contribution < -0.4 is 0 Å². The lowest BCUT2D eigenvalue weighted by molar-refractivity contribution is -0.142. The summed E-state index contributed by atoms with van der Waals surface area (Å²) >= 11 is 10.2. The monoisotopic (exact) mass is 348 g/mol. The van der Waals surface area contributed by atoms with Gasteiger partial charge in [0.05, 0.1) is 10.0 Å². The van der Waals surface area contributed by atoms with Gasteiger partial charge in [-0.3, -0.25) is 0 Å². The third kappa shape index (κ3) is 2.66. The largest absolute Gasteiger partial charge is 0.422 e. The highest BCUT2D eigenvalue weighted by Gasteiger charge is 2.42. The summed E-state index contributed by atoms with van der Waals surface area (Å²) in [6.07, 6.45) is -5.43. The fourth-order valence-corrected chi connectivity index (χ4v) is 3.42. The topological polar surface area (TPSA) is 34.1 Å². The molecule has 0 amide bonds. The molecule has 0 aliphatic heterocycles.